The largest absolute Gasteiger partial charge is 0.480 e. The van der Waals surface area contributed by atoms with Crippen molar-refractivity contribution in [2.75, 3.05) is 0 Å². The van der Waals surface area contributed by atoms with Crippen LogP contribution >= 0.6 is 0 Å². The molecule has 20 heavy (non-hydrogen) atoms. The van der Waals surface area contributed by atoms with Crippen molar-refractivity contribution in [3.8, 4) is 0 Å². The predicted molar refractivity (Wildman–Crippen MR) is 62.2 cm³/mol. The van der Waals surface area contributed by atoms with Crippen molar-refractivity contribution < 1.29 is 27.5 Å². The van der Waals surface area contributed by atoms with Crippen LogP contribution in [0.4, 0.5) is 13.2 Å². The number of carboxylic acids is 1. The molecule has 0 saturated carbocycles. The first-order chi connectivity index (χ1) is 9.30. The van der Waals surface area contributed by atoms with Gasteiger partial charge >= 0.3 is 12.1 Å². The molecule has 1 aromatic carbocycles. The predicted octanol–water partition coefficient (Wildman–Crippen LogP) is 3.22. The molecule has 1 aromatic heterocycles. The molecule has 2 rings (SSSR count). The molecular weight excluding hydrogens is 275 g/mol. The number of nitrogens with zero attached hydrogens (tertiary/aromatic N) is 1. The lowest BCUT2D eigenvalue weighted by atomic mass is 9.94. The molecule has 0 radical (unpaired) electrons. The summed E-state index contributed by atoms with van der Waals surface area (Å²) in [7, 11) is 0. The minimum atomic E-state index is -4.46. The number of carbonyl (C=O) groups is 1. The highest BCUT2D eigenvalue weighted by Gasteiger charge is 2.32. The van der Waals surface area contributed by atoms with Gasteiger partial charge in [-0.15, -0.1) is 0 Å². The maximum Gasteiger partial charge on any atom is 0.416 e. The minimum absolute atomic E-state index is 0.178. The van der Waals surface area contributed by atoms with E-state index >= 15 is 0 Å². The third-order valence-corrected chi connectivity index (χ3v) is 2.87. The van der Waals surface area contributed by atoms with Crippen LogP contribution in [-0.4, -0.2) is 16.1 Å². The van der Waals surface area contributed by atoms with Crippen molar-refractivity contribution in [1.82, 2.24) is 4.98 Å². The molecule has 0 fully saturated rings. The van der Waals surface area contributed by atoms with Gasteiger partial charge in [-0.3, -0.25) is 4.79 Å². The Kier molecular flexibility index (Phi) is 3.52. The summed E-state index contributed by atoms with van der Waals surface area (Å²) in [5, 5.41) is 9.25. The molecule has 0 amide bonds. The van der Waals surface area contributed by atoms with Crippen molar-refractivity contribution in [2.45, 2.75) is 19.0 Å². The molecule has 0 bridgehead atoms. The van der Waals surface area contributed by atoms with Gasteiger partial charge in [0.2, 0.25) is 0 Å². The zero-order valence-electron chi connectivity index (χ0n) is 10.3. The third-order valence-electron chi connectivity index (χ3n) is 2.87. The molecule has 0 aliphatic heterocycles. The zero-order valence-corrected chi connectivity index (χ0v) is 10.3. The van der Waals surface area contributed by atoms with E-state index < -0.39 is 23.6 Å². The monoisotopic (exact) mass is 285 g/mol. The van der Waals surface area contributed by atoms with Gasteiger partial charge in [0.25, 0.3) is 0 Å². The van der Waals surface area contributed by atoms with Crippen LogP contribution in [0.5, 0.6) is 0 Å². The molecule has 4 nitrogen and oxygen atoms in total. The zero-order chi connectivity index (χ0) is 14.9. The van der Waals surface area contributed by atoms with Gasteiger partial charge in [0.05, 0.1) is 5.56 Å². The molecule has 7 heteroatoms. The van der Waals surface area contributed by atoms with Gasteiger partial charge < -0.3 is 9.52 Å². The van der Waals surface area contributed by atoms with Crippen LogP contribution in [0.2, 0.25) is 0 Å². The highest BCUT2D eigenvalue weighted by molar-refractivity contribution is 5.80. The van der Waals surface area contributed by atoms with Crippen LogP contribution in [0.15, 0.2) is 35.1 Å². The fourth-order valence-electron chi connectivity index (χ4n) is 1.87. The van der Waals surface area contributed by atoms with Gasteiger partial charge in [-0.1, -0.05) is 12.1 Å². The first kappa shape index (κ1) is 14.1. The average Bonchev–Trinajstić information content (AvgIpc) is 2.75. The van der Waals surface area contributed by atoms with Crippen LogP contribution in [-0.2, 0) is 11.0 Å². The van der Waals surface area contributed by atoms with E-state index in [2.05, 4.69) is 4.98 Å². The first-order valence-electron chi connectivity index (χ1n) is 5.60. The number of benzene rings is 1. The summed E-state index contributed by atoms with van der Waals surface area (Å²) in [6.07, 6.45) is -3.36. The number of rotatable bonds is 3. The Balaban J connectivity index is 2.42. The van der Waals surface area contributed by atoms with Crippen molar-refractivity contribution in [2.24, 2.45) is 0 Å². The lowest BCUT2D eigenvalue weighted by molar-refractivity contribution is -0.138. The van der Waals surface area contributed by atoms with Gasteiger partial charge in [0.15, 0.2) is 6.39 Å². The number of alkyl halides is 3. The number of oxazole rings is 1. The van der Waals surface area contributed by atoms with Gasteiger partial charge in [-0.05, 0) is 24.6 Å². The highest BCUT2D eigenvalue weighted by Crippen LogP contribution is 2.32. The molecule has 1 atom stereocenters. The van der Waals surface area contributed by atoms with E-state index in [-0.39, 0.29) is 11.3 Å². The lowest BCUT2D eigenvalue weighted by Crippen LogP contribution is -2.15. The molecule has 2 aromatic rings. The van der Waals surface area contributed by atoms with Crippen LogP contribution in [0, 0.1) is 6.92 Å². The van der Waals surface area contributed by atoms with Crippen LogP contribution in [0.25, 0.3) is 0 Å². The summed E-state index contributed by atoms with van der Waals surface area (Å²) < 4.78 is 42.4. The Morgan fingerprint density at radius 2 is 1.90 bits per heavy atom. The first-order valence-corrected chi connectivity index (χ1v) is 5.60. The maximum absolute atomic E-state index is 12.5. The topological polar surface area (TPSA) is 63.3 Å². The average molecular weight is 285 g/mol. The molecule has 1 heterocycles. The maximum atomic E-state index is 12.5. The summed E-state index contributed by atoms with van der Waals surface area (Å²) in [5.41, 5.74) is -0.443. The van der Waals surface area contributed by atoms with E-state index in [1.54, 1.807) is 6.92 Å². The Labute approximate surface area is 111 Å². The summed E-state index contributed by atoms with van der Waals surface area (Å²) in [5.74, 6) is -2.05. The number of hydrogen-bond donors (Lipinski definition) is 1. The van der Waals surface area contributed by atoms with E-state index in [0.717, 1.165) is 30.7 Å². The second kappa shape index (κ2) is 4.99. The molecule has 106 valence electrons. The van der Waals surface area contributed by atoms with Gasteiger partial charge in [0.1, 0.15) is 17.4 Å². The normalized spacial score (nSPS) is 13.2. The van der Waals surface area contributed by atoms with Crippen molar-refractivity contribution >= 4 is 5.97 Å². The fraction of sp³-hybridized carbons (Fsp3) is 0.231. The van der Waals surface area contributed by atoms with E-state index in [0.29, 0.717) is 5.76 Å². The van der Waals surface area contributed by atoms with Crippen molar-refractivity contribution in [3.05, 3.63) is 53.2 Å². The van der Waals surface area contributed by atoms with Crippen molar-refractivity contribution in [1.29, 1.82) is 0 Å². The minimum Gasteiger partial charge on any atom is -0.480 e. The molecule has 0 spiro atoms. The van der Waals surface area contributed by atoms with Crippen molar-refractivity contribution in [3.63, 3.8) is 0 Å². The number of aromatic nitrogens is 1. The van der Waals surface area contributed by atoms with Gasteiger partial charge in [-0.2, -0.15) is 13.2 Å². The molecular formula is C13H10F3NO3. The molecule has 1 N–H and O–H groups in total. The number of aryl methyl sites for hydroxylation is 1. The summed E-state index contributed by atoms with van der Waals surface area (Å²) >= 11 is 0. The second-order valence-electron chi connectivity index (χ2n) is 4.18. The van der Waals surface area contributed by atoms with E-state index in [1.165, 1.54) is 0 Å². The SMILES string of the molecule is Cc1ocnc1C(C(=O)O)c1ccc(C(F)(F)F)cc1. The Hall–Kier alpha value is -2.31. The van der Waals surface area contributed by atoms with Gasteiger partial charge in [0, 0.05) is 0 Å². The summed E-state index contributed by atoms with van der Waals surface area (Å²) in [6, 6.07) is 3.97. The van der Waals surface area contributed by atoms with Gasteiger partial charge in [-0.25, -0.2) is 4.98 Å². The van der Waals surface area contributed by atoms with E-state index in [1.807, 2.05) is 0 Å². The van der Waals surface area contributed by atoms with E-state index in [4.69, 9.17) is 4.42 Å². The summed E-state index contributed by atoms with van der Waals surface area (Å²) in [6.45, 7) is 1.54. The molecule has 0 saturated heterocycles. The Morgan fingerprint density at radius 1 is 1.30 bits per heavy atom. The highest BCUT2D eigenvalue weighted by atomic mass is 19.4. The number of halogens is 3. The Morgan fingerprint density at radius 3 is 2.30 bits per heavy atom. The smallest absolute Gasteiger partial charge is 0.416 e. The standard InChI is InChI=1S/C13H10F3NO3/c1-7-11(17-6-20-7)10(12(18)19)8-2-4-9(5-3-8)13(14,15)16/h2-6,10H,1H3,(H,18,19). The fourth-order valence-corrected chi connectivity index (χ4v) is 1.87. The molecule has 1 unspecified atom stereocenters. The Bertz CT molecular complexity index is 617. The number of carboxylic acid groups (broad SMARTS) is 1. The number of hydrogen-bond acceptors (Lipinski definition) is 3. The summed E-state index contributed by atoms with van der Waals surface area (Å²) in [4.78, 5) is 15.1. The van der Waals surface area contributed by atoms with E-state index in [9.17, 15) is 23.1 Å². The number of aliphatic carboxylic acids is 1. The lowest BCUT2D eigenvalue weighted by Gasteiger charge is -2.12. The second-order valence-corrected chi connectivity index (χ2v) is 4.18. The quantitative estimate of drug-likeness (QED) is 0.940. The molecule has 0 aliphatic carbocycles. The van der Waals surface area contributed by atoms with Crippen LogP contribution < -0.4 is 0 Å². The van der Waals surface area contributed by atoms with Crippen LogP contribution in [0.1, 0.15) is 28.5 Å². The van der Waals surface area contributed by atoms with Crippen LogP contribution in [0.3, 0.4) is 0 Å². The molecule has 0 aliphatic rings. The third kappa shape index (κ3) is 2.66.